The Bertz CT molecular complexity index is 2880. The maximum Gasteiger partial charge on any atom is 0.136 e. The molecule has 2 nitrogen and oxygen atoms in total. The van der Waals surface area contributed by atoms with Crippen molar-refractivity contribution >= 4 is 60.4 Å². The van der Waals surface area contributed by atoms with Crippen molar-refractivity contribution in [3.05, 3.63) is 212 Å². The maximum absolute atomic E-state index is 6.34. The quantitative estimate of drug-likeness (QED) is 0.149. The van der Waals surface area contributed by atoms with Gasteiger partial charge < -0.3 is 9.32 Å². The lowest BCUT2D eigenvalue weighted by atomic mass is 9.95. The van der Waals surface area contributed by atoms with Crippen LogP contribution in [-0.2, 0) is 0 Å². The Hall–Kier alpha value is -6.90. The van der Waals surface area contributed by atoms with Gasteiger partial charge in [0.05, 0.1) is 11.4 Å². The third-order valence-electron chi connectivity index (χ3n) is 10.2. The number of rotatable bonds is 8. The number of benzene rings is 8. The van der Waals surface area contributed by atoms with Gasteiger partial charge in [-0.25, -0.2) is 0 Å². The first-order valence-corrected chi connectivity index (χ1v) is 18.1. The van der Waals surface area contributed by atoms with Crippen LogP contribution in [0.25, 0.3) is 71.3 Å². The van der Waals surface area contributed by atoms with E-state index >= 15 is 0 Å². The van der Waals surface area contributed by atoms with E-state index in [1.54, 1.807) is 0 Å². The first-order chi connectivity index (χ1) is 26.2. The molecule has 2 heteroatoms. The maximum atomic E-state index is 6.34. The summed E-state index contributed by atoms with van der Waals surface area (Å²) >= 11 is 0. The van der Waals surface area contributed by atoms with E-state index in [-0.39, 0.29) is 0 Å². The average Bonchev–Trinajstić information content (AvgIpc) is 3.60. The van der Waals surface area contributed by atoms with Gasteiger partial charge in [0.2, 0.25) is 0 Å². The largest absolute Gasteiger partial charge is 0.456 e. The molecule has 1 aromatic heterocycles. The predicted octanol–water partition coefficient (Wildman–Crippen LogP) is 14.5. The zero-order chi connectivity index (χ0) is 35.7. The number of hydrogen-bond acceptors (Lipinski definition) is 2. The lowest BCUT2D eigenvalue weighted by molar-refractivity contribution is 0.669. The summed E-state index contributed by atoms with van der Waals surface area (Å²) in [6, 6.07) is 62.3. The number of para-hydroxylation sites is 2. The Kier molecular flexibility index (Phi) is 8.26. The standard InChI is InChI=1S/C51H37NO/c1-3-41(31-29-35(2)38-19-12-20-39(33-38)43-25-13-17-36-15-4-6-21-42(36)43)52(49-27-14-18-37-16-5-7-22-44(37)49)48-26-10-8-23-45(48)40-30-32-47-46-24-9-11-28-50(46)53-51(47)34-40/h3-34H,2H2,1H3/b31-29-,41-3+. The van der Waals surface area contributed by atoms with Crippen LogP contribution in [0.1, 0.15) is 12.5 Å². The van der Waals surface area contributed by atoms with Crippen LogP contribution >= 0.6 is 0 Å². The van der Waals surface area contributed by atoms with Gasteiger partial charge in [0.15, 0.2) is 0 Å². The minimum absolute atomic E-state index is 0.878. The molecule has 53 heavy (non-hydrogen) atoms. The molecule has 0 unspecified atom stereocenters. The van der Waals surface area contributed by atoms with Crippen LogP contribution in [0.2, 0.25) is 0 Å². The second-order valence-corrected chi connectivity index (χ2v) is 13.3. The number of anilines is 2. The summed E-state index contributed by atoms with van der Waals surface area (Å²) in [5.74, 6) is 0. The monoisotopic (exact) mass is 679 g/mol. The van der Waals surface area contributed by atoms with Crippen LogP contribution in [0.15, 0.2) is 211 Å². The molecule has 0 spiro atoms. The van der Waals surface area contributed by atoms with Crippen molar-refractivity contribution in [2.75, 3.05) is 4.90 Å². The van der Waals surface area contributed by atoms with Crippen molar-refractivity contribution in [1.29, 1.82) is 0 Å². The van der Waals surface area contributed by atoms with Gasteiger partial charge in [0.1, 0.15) is 11.2 Å². The fraction of sp³-hybridized carbons (Fsp3) is 0.0196. The highest BCUT2D eigenvalue weighted by Crippen LogP contribution is 2.42. The van der Waals surface area contributed by atoms with Gasteiger partial charge in [-0.15, -0.1) is 0 Å². The molecule has 0 atom stereocenters. The van der Waals surface area contributed by atoms with E-state index in [9.17, 15) is 0 Å². The summed E-state index contributed by atoms with van der Waals surface area (Å²) in [7, 11) is 0. The topological polar surface area (TPSA) is 16.4 Å². The number of allylic oxidation sites excluding steroid dienone is 4. The zero-order valence-corrected chi connectivity index (χ0v) is 29.5. The lowest BCUT2D eigenvalue weighted by Crippen LogP contribution is -2.16. The predicted molar refractivity (Wildman–Crippen MR) is 227 cm³/mol. The fourth-order valence-corrected chi connectivity index (χ4v) is 7.56. The van der Waals surface area contributed by atoms with Crippen LogP contribution in [0, 0.1) is 0 Å². The fourth-order valence-electron chi connectivity index (χ4n) is 7.56. The summed E-state index contributed by atoms with van der Waals surface area (Å²) < 4.78 is 6.34. The van der Waals surface area contributed by atoms with Gasteiger partial charge in [-0.2, -0.15) is 0 Å². The van der Waals surface area contributed by atoms with Crippen molar-refractivity contribution in [3.63, 3.8) is 0 Å². The highest BCUT2D eigenvalue weighted by atomic mass is 16.3. The van der Waals surface area contributed by atoms with E-state index in [1.165, 1.54) is 32.7 Å². The summed E-state index contributed by atoms with van der Waals surface area (Å²) in [6.07, 6.45) is 6.50. The van der Waals surface area contributed by atoms with Crippen molar-refractivity contribution in [1.82, 2.24) is 0 Å². The van der Waals surface area contributed by atoms with Gasteiger partial charge in [-0.05, 0) is 93.4 Å². The number of furan rings is 1. The molecule has 0 saturated heterocycles. The summed E-state index contributed by atoms with van der Waals surface area (Å²) in [5, 5.41) is 7.08. The van der Waals surface area contributed by atoms with Crippen LogP contribution < -0.4 is 4.90 Å². The minimum atomic E-state index is 0.878. The molecule has 0 aliphatic rings. The summed E-state index contributed by atoms with van der Waals surface area (Å²) in [5.41, 5.74) is 11.6. The molecule has 1 heterocycles. The molecule has 0 bridgehead atoms. The highest BCUT2D eigenvalue weighted by molar-refractivity contribution is 6.07. The molecule has 9 rings (SSSR count). The Morgan fingerprint density at radius 2 is 1.09 bits per heavy atom. The lowest BCUT2D eigenvalue weighted by Gasteiger charge is -2.30. The number of fused-ring (bicyclic) bond motifs is 5. The van der Waals surface area contributed by atoms with E-state index < -0.39 is 0 Å². The summed E-state index contributed by atoms with van der Waals surface area (Å²) in [6.45, 7) is 6.65. The smallest absolute Gasteiger partial charge is 0.136 e. The molecule has 8 aromatic carbocycles. The average molecular weight is 680 g/mol. The molecule has 9 aromatic rings. The molecule has 0 aliphatic carbocycles. The number of hydrogen-bond donors (Lipinski definition) is 0. The van der Waals surface area contributed by atoms with Gasteiger partial charge in [0, 0.05) is 27.4 Å². The van der Waals surface area contributed by atoms with Gasteiger partial charge >= 0.3 is 0 Å². The van der Waals surface area contributed by atoms with Crippen LogP contribution in [0.3, 0.4) is 0 Å². The molecule has 0 fully saturated rings. The van der Waals surface area contributed by atoms with Crippen LogP contribution in [-0.4, -0.2) is 0 Å². The Labute approximate surface area is 309 Å². The van der Waals surface area contributed by atoms with Crippen LogP contribution in [0.4, 0.5) is 11.4 Å². The van der Waals surface area contributed by atoms with E-state index in [4.69, 9.17) is 4.42 Å². The molecule has 0 saturated carbocycles. The third kappa shape index (κ3) is 5.91. The van der Waals surface area contributed by atoms with E-state index in [1.807, 2.05) is 12.1 Å². The molecular weight excluding hydrogens is 643 g/mol. The van der Waals surface area contributed by atoms with E-state index in [0.29, 0.717) is 0 Å². The molecule has 0 radical (unpaired) electrons. The molecule has 0 aliphatic heterocycles. The normalized spacial score (nSPS) is 12.0. The van der Waals surface area contributed by atoms with E-state index in [0.717, 1.165) is 61.3 Å². The second kappa shape index (κ2) is 13.7. The third-order valence-corrected chi connectivity index (χ3v) is 10.2. The molecule has 252 valence electrons. The Morgan fingerprint density at radius 1 is 0.491 bits per heavy atom. The van der Waals surface area contributed by atoms with Gasteiger partial charge in [0.25, 0.3) is 0 Å². The van der Waals surface area contributed by atoms with Crippen molar-refractivity contribution < 1.29 is 4.42 Å². The molecule has 0 amide bonds. The minimum Gasteiger partial charge on any atom is -0.456 e. The Morgan fingerprint density at radius 3 is 1.94 bits per heavy atom. The zero-order valence-electron chi connectivity index (χ0n) is 29.5. The van der Waals surface area contributed by atoms with Crippen molar-refractivity contribution in [2.24, 2.45) is 0 Å². The van der Waals surface area contributed by atoms with Crippen molar-refractivity contribution in [3.8, 4) is 22.3 Å². The van der Waals surface area contributed by atoms with Crippen molar-refractivity contribution in [2.45, 2.75) is 6.92 Å². The van der Waals surface area contributed by atoms with Gasteiger partial charge in [-0.1, -0.05) is 158 Å². The van der Waals surface area contributed by atoms with Gasteiger partial charge in [-0.3, -0.25) is 0 Å². The summed E-state index contributed by atoms with van der Waals surface area (Å²) in [4.78, 5) is 2.37. The molecule has 0 N–H and O–H groups in total. The van der Waals surface area contributed by atoms with Crippen LogP contribution in [0.5, 0.6) is 0 Å². The van der Waals surface area contributed by atoms with E-state index in [2.05, 4.69) is 200 Å². The highest BCUT2D eigenvalue weighted by Gasteiger charge is 2.20. The first kappa shape index (κ1) is 32.0. The molecular formula is C51H37NO. The number of nitrogens with zero attached hydrogens (tertiary/aromatic N) is 1. The Balaban J connectivity index is 1.14. The SMILES string of the molecule is C=C(/C=C\C(=C/C)N(c1ccccc1-c1ccc2c(c1)oc1ccccc12)c1cccc2ccccc12)c1cccc(-c2cccc3ccccc23)c1. The second-order valence-electron chi connectivity index (χ2n) is 13.3. The first-order valence-electron chi connectivity index (χ1n) is 18.1.